The summed E-state index contributed by atoms with van der Waals surface area (Å²) in [6.45, 7) is 1.85. The summed E-state index contributed by atoms with van der Waals surface area (Å²) >= 11 is 0. The van der Waals surface area contributed by atoms with Crippen LogP contribution in [0.1, 0.15) is 5.56 Å². The zero-order valence-corrected chi connectivity index (χ0v) is 7.00. The van der Waals surface area contributed by atoms with Crippen molar-refractivity contribution in [3.63, 3.8) is 0 Å². The van der Waals surface area contributed by atoms with Crippen molar-refractivity contribution in [1.82, 2.24) is 0 Å². The molecule has 0 fully saturated rings. The van der Waals surface area contributed by atoms with Gasteiger partial charge >= 0.3 is 11.9 Å². The summed E-state index contributed by atoms with van der Waals surface area (Å²) in [7, 11) is 0. The van der Waals surface area contributed by atoms with Gasteiger partial charge in [0.05, 0.1) is 0 Å². The van der Waals surface area contributed by atoms with Crippen LogP contribution in [0.25, 0.3) is 0 Å². The van der Waals surface area contributed by atoms with Crippen molar-refractivity contribution in [2.45, 2.75) is 6.92 Å². The number of carboxylic acids is 1. The molecule has 0 aliphatic carbocycles. The highest BCUT2D eigenvalue weighted by molar-refractivity contribution is 6.36. The number of hydrogen-bond acceptors (Lipinski definition) is 2. The van der Waals surface area contributed by atoms with Crippen molar-refractivity contribution < 1.29 is 14.7 Å². The van der Waals surface area contributed by atoms with Gasteiger partial charge in [-0.1, -0.05) is 6.07 Å². The number of rotatable bonds is 1. The number of anilines is 1. The summed E-state index contributed by atoms with van der Waals surface area (Å²) in [6, 6.07) is 7.71. The summed E-state index contributed by atoms with van der Waals surface area (Å²) in [6.07, 6.45) is 0. The number of amides is 1. The number of aliphatic carboxylic acids is 1. The van der Waals surface area contributed by atoms with Crippen LogP contribution in [0.4, 0.5) is 5.69 Å². The van der Waals surface area contributed by atoms with Gasteiger partial charge in [-0.25, -0.2) is 4.79 Å². The van der Waals surface area contributed by atoms with E-state index in [1.54, 1.807) is 12.1 Å². The molecule has 4 nitrogen and oxygen atoms in total. The second kappa shape index (κ2) is 3.71. The Hall–Kier alpha value is -1.84. The van der Waals surface area contributed by atoms with E-state index in [1.807, 2.05) is 6.92 Å². The van der Waals surface area contributed by atoms with Gasteiger partial charge in [-0.15, -0.1) is 0 Å². The van der Waals surface area contributed by atoms with Crippen LogP contribution in [0.15, 0.2) is 18.2 Å². The van der Waals surface area contributed by atoms with Crippen LogP contribution in [0.5, 0.6) is 0 Å². The van der Waals surface area contributed by atoms with Gasteiger partial charge < -0.3 is 10.4 Å². The normalized spacial score (nSPS) is 9.31. The number of nitrogens with one attached hydrogen (secondary N) is 1. The van der Waals surface area contributed by atoms with E-state index in [9.17, 15) is 9.59 Å². The smallest absolute Gasteiger partial charge is 0.394 e. The van der Waals surface area contributed by atoms with E-state index in [0.717, 1.165) is 5.56 Å². The molecule has 0 bridgehead atoms. The van der Waals surface area contributed by atoms with Crippen molar-refractivity contribution in [2.75, 3.05) is 5.32 Å². The highest BCUT2D eigenvalue weighted by Gasteiger charge is 2.10. The third kappa shape index (κ3) is 2.59. The minimum absolute atomic E-state index is 0.429. The molecule has 0 saturated heterocycles. The van der Waals surface area contributed by atoms with Gasteiger partial charge in [0.1, 0.15) is 0 Å². The summed E-state index contributed by atoms with van der Waals surface area (Å²) in [4.78, 5) is 20.8. The second-order valence-electron chi connectivity index (χ2n) is 2.52. The lowest BCUT2D eigenvalue weighted by molar-refractivity contribution is -0.147. The maximum Gasteiger partial charge on any atom is 0.394 e. The summed E-state index contributed by atoms with van der Waals surface area (Å²) < 4.78 is 0. The minimum Gasteiger partial charge on any atom is -0.474 e. The van der Waals surface area contributed by atoms with Crippen LogP contribution in [0.3, 0.4) is 0 Å². The van der Waals surface area contributed by atoms with Gasteiger partial charge in [-0.05, 0) is 30.7 Å². The largest absolute Gasteiger partial charge is 0.474 e. The van der Waals surface area contributed by atoms with Gasteiger partial charge in [0, 0.05) is 5.69 Å². The Morgan fingerprint density at radius 1 is 1.46 bits per heavy atom. The first-order chi connectivity index (χ1) is 6.09. The summed E-state index contributed by atoms with van der Waals surface area (Å²) in [5, 5.41) is 10.5. The van der Waals surface area contributed by atoms with E-state index in [2.05, 4.69) is 11.4 Å². The Morgan fingerprint density at radius 2 is 2.15 bits per heavy atom. The molecule has 67 valence electrons. The fraction of sp³-hybridized carbons (Fsp3) is 0.111. The molecular formula is C9H8NO3. The predicted octanol–water partition coefficient (Wildman–Crippen LogP) is 0.818. The number of benzene rings is 1. The minimum atomic E-state index is -1.50. The standard InChI is InChI=1S/C9H8NO3/c1-6-2-4-7(5-3-6)10-8(11)9(12)13/h2,4-5H,1H3,(H,10,11)(H,12,13). The van der Waals surface area contributed by atoms with E-state index in [0.29, 0.717) is 5.69 Å². The Labute approximate surface area is 75.2 Å². The fourth-order valence-electron chi connectivity index (χ4n) is 0.765. The van der Waals surface area contributed by atoms with Gasteiger partial charge in [0.15, 0.2) is 0 Å². The molecule has 0 unspecified atom stereocenters. The summed E-state index contributed by atoms with van der Waals surface area (Å²) in [5.74, 6) is -2.54. The van der Waals surface area contributed by atoms with E-state index in [-0.39, 0.29) is 0 Å². The van der Waals surface area contributed by atoms with Crippen LogP contribution >= 0.6 is 0 Å². The topological polar surface area (TPSA) is 66.4 Å². The van der Waals surface area contributed by atoms with E-state index >= 15 is 0 Å². The first kappa shape index (κ1) is 9.25. The Balaban J connectivity index is 2.70. The lowest BCUT2D eigenvalue weighted by Gasteiger charge is -2.00. The van der Waals surface area contributed by atoms with Crippen LogP contribution < -0.4 is 5.32 Å². The molecule has 0 saturated carbocycles. The molecule has 13 heavy (non-hydrogen) atoms. The maximum atomic E-state index is 10.7. The van der Waals surface area contributed by atoms with E-state index in [1.165, 1.54) is 6.07 Å². The molecule has 0 spiro atoms. The monoisotopic (exact) mass is 178 g/mol. The predicted molar refractivity (Wildman–Crippen MR) is 46.3 cm³/mol. The first-order valence-corrected chi connectivity index (χ1v) is 3.62. The molecule has 0 aliphatic rings. The van der Waals surface area contributed by atoms with Gasteiger partial charge in [-0.2, -0.15) is 0 Å². The fourth-order valence-corrected chi connectivity index (χ4v) is 0.765. The second-order valence-corrected chi connectivity index (χ2v) is 2.52. The average molecular weight is 178 g/mol. The molecule has 1 aromatic carbocycles. The number of hydrogen-bond donors (Lipinski definition) is 2. The number of carbonyl (C=O) groups is 2. The molecule has 0 atom stereocenters. The van der Waals surface area contributed by atoms with Crippen molar-refractivity contribution in [2.24, 2.45) is 0 Å². The molecule has 1 amide bonds. The van der Waals surface area contributed by atoms with Gasteiger partial charge in [0.25, 0.3) is 0 Å². The molecule has 1 rings (SSSR count). The third-order valence-corrected chi connectivity index (χ3v) is 1.42. The molecule has 2 N–H and O–H groups in total. The first-order valence-electron chi connectivity index (χ1n) is 3.62. The number of aryl methyl sites for hydroxylation is 1. The van der Waals surface area contributed by atoms with Gasteiger partial charge in [-0.3, -0.25) is 4.79 Å². The molecule has 4 heteroatoms. The maximum absolute atomic E-state index is 10.7. The van der Waals surface area contributed by atoms with Crippen molar-refractivity contribution in [3.05, 3.63) is 29.8 Å². The van der Waals surface area contributed by atoms with E-state index < -0.39 is 11.9 Å². The van der Waals surface area contributed by atoms with Gasteiger partial charge in [0.2, 0.25) is 0 Å². The lowest BCUT2D eigenvalue weighted by atomic mass is 10.2. The SMILES string of the molecule is Cc1[c]cc(NC(=O)C(=O)O)cc1. The Morgan fingerprint density at radius 3 is 2.62 bits per heavy atom. The molecule has 1 radical (unpaired) electrons. The molecule has 0 aliphatic heterocycles. The molecule has 1 aromatic rings. The summed E-state index contributed by atoms with van der Waals surface area (Å²) in [5.41, 5.74) is 1.35. The van der Waals surface area contributed by atoms with E-state index in [4.69, 9.17) is 5.11 Å². The van der Waals surface area contributed by atoms with Crippen LogP contribution in [0, 0.1) is 13.0 Å². The highest BCUT2D eigenvalue weighted by Crippen LogP contribution is 2.07. The van der Waals surface area contributed by atoms with Crippen molar-refractivity contribution >= 4 is 17.6 Å². The lowest BCUT2D eigenvalue weighted by Crippen LogP contribution is -2.21. The number of carbonyl (C=O) groups excluding carboxylic acids is 1. The number of carboxylic acid groups (broad SMARTS) is 1. The quantitative estimate of drug-likeness (QED) is 0.625. The zero-order chi connectivity index (χ0) is 9.84. The Kier molecular flexibility index (Phi) is 2.64. The highest BCUT2D eigenvalue weighted by atomic mass is 16.4. The molecular weight excluding hydrogens is 170 g/mol. The van der Waals surface area contributed by atoms with Crippen LogP contribution in [0.2, 0.25) is 0 Å². The zero-order valence-electron chi connectivity index (χ0n) is 7.00. The third-order valence-electron chi connectivity index (χ3n) is 1.42. The Bertz CT molecular complexity index is 329. The van der Waals surface area contributed by atoms with Crippen molar-refractivity contribution in [1.29, 1.82) is 0 Å². The molecule has 0 heterocycles. The average Bonchev–Trinajstić information content (AvgIpc) is 2.08. The van der Waals surface area contributed by atoms with Crippen molar-refractivity contribution in [3.8, 4) is 0 Å². The van der Waals surface area contributed by atoms with Crippen LogP contribution in [-0.2, 0) is 9.59 Å². The van der Waals surface area contributed by atoms with Crippen LogP contribution in [-0.4, -0.2) is 17.0 Å². The molecule has 0 aromatic heterocycles.